The second-order valence-electron chi connectivity index (χ2n) is 10.1. The number of hydrogen-bond acceptors (Lipinski definition) is 7. The number of hydrogen-bond donors (Lipinski definition) is 3. The van der Waals surface area contributed by atoms with Gasteiger partial charge in [-0.3, -0.25) is 4.79 Å². The van der Waals surface area contributed by atoms with E-state index in [4.69, 9.17) is 14.7 Å². The van der Waals surface area contributed by atoms with Crippen LogP contribution in [0, 0.1) is 11.8 Å². The molecular formula is C32H27F2N7O3. The van der Waals surface area contributed by atoms with Crippen LogP contribution < -0.4 is 20.9 Å². The summed E-state index contributed by atoms with van der Waals surface area (Å²) in [5.74, 6) is -0.416. The smallest absolute Gasteiger partial charge is 0.323 e. The highest BCUT2D eigenvalue weighted by molar-refractivity contribution is 6.00. The van der Waals surface area contributed by atoms with E-state index in [-0.39, 0.29) is 11.4 Å². The van der Waals surface area contributed by atoms with E-state index in [0.29, 0.717) is 60.0 Å². The van der Waals surface area contributed by atoms with E-state index in [0.717, 1.165) is 17.3 Å². The summed E-state index contributed by atoms with van der Waals surface area (Å²) in [6, 6.07) is 19.3. The number of nitrogens with one attached hydrogen (secondary N) is 3. The average Bonchev–Trinajstić information content (AvgIpc) is 3.02. The van der Waals surface area contributed by atoms with Crippen molar-refractivity contribution < 1.29 is 23.1 Å². The minimum absolute atomic E-state index is 0.0206. The summed E-state index contributed by atoms with van der Waals surface area (Å²) >= 11 is 0. The lowest BCUT2D eigenvalue weighted by atomic mass is 10.0. The van der Waals surface area contributed by atoms with Gasteiger partial charge in [0.15, 0.2) is 5.82 Å². The molecule has 0 radical (unpaired) electrons. The van der Waals surface area contributed by atoms with Crippen molar-refractivity contribution in [3.63, 3.8) is 0 Å². The largest absolute Gasteiger partial charge is 0.378 e. The highest BCUT2D eigenvalue weighted by Gasteiger charge is 2.19. The Morgan fingerprint density at radius 3 is 2.30 bits per heavy atom. The molecule has 1 aliphatic heterocycles. The van der Waals surface area contributed by atoms with E-state index >= 15 is 0 Å². The fourth-order valence-corrected chi connectivity index (χ4v) is 4.91. The Morgan fingerprint density at radius 2 is 1.57 bits per heavy atom. The molecule has 0 spiro atoms. The summed E-state index contributed by atoms with van der Waals surface area (Å²) in [5, 5.41) is 8.49. The third-order valence-electron chi connectivity index (χ3n) is 7.00. The lowest BCUT2D eigenvalue weighted by Gasteiger charge is -2.29. The zero-order valence-corrected chi connectivity index (χ0v) is 23.6. The number of urea groups is 1. The van der Waals surface area contributed by atoms with Crippen LogP contribution in [0.15, 0.2) is 79.0 Å². The lowest BCUT2D eigenvalue weighted by Crippen LogP contribution is -2.37. The molecule has 3 aromatic carbocycles. The Bertz CT molecular complexity index is 1860. The summed E-state index contributed by atoms with van der Waals surface area (Å²) in [7, 11) is 0. The summed E-state index contributed by atoms with van der Waals surface area (Å²) in [4.78, 5) is 39.4. The zero-order chi connectivity index (χ0) is 30.6. The van der Waals surface area contributed by atoms with Gasteiger partial charge in [-0.25, -0.2) is 24.1 Å². The van der Waals surface area contributed by atoms with Crippen LogP contribution in [0.2, 0.25) is 0 Å². The average molecular weight is 596 g/mol. The van der Waals surface area contributed by atoms with Gasteiger partial charge in [-0.05, 0) is 72.3 Å². The molecule has 6 rings (SSSR count). The number of anilines is 4. The molecule has 10 nitrogen and oxygen atoms in total. The molecule has 3 N–H and O–H groups in total. The fourth-order valence-electron chi connectivity index (χ4n) is 4.91. The van der Waals surface area contributed by atoms with Gasteiger partial charge in [0.25, 0.3) is 0 Å². The van der Waals surface area contributed by atoms with E-state index in [1.54, 1.807) is 36.4 Å². The van der Waals surface area contributed by atoms with Gasteiger partial charge in [0.1, 0.15) is 11.6 Å². The molecule has 0 unspecified atom stereocenters. The van der Waals surface area contributed by atoms with Crippen LogP contribution in [0.4, 0.5) is 36.5 Å². The second-order valence-corrected chi connectivity index (χ2v) is 10.1. The van der Waals surface area contributed by atoms with Gasteiger partial charge >= 0.3 is 6.03 Å². The van der Waals surface area contributed by atoms with Crippen molar-refractivity contribution in [2.75, 3.05) is 47.2 Å². The molecule has 0 bridgehead atoms. The van der Waals surface area contributed by atoms with Gasteiger partial charge in [-0.1, -0.05) is 6.07 Å². The molecule has 0 atom stereocenters. The van der Waals surface area contributed by atoms with Crippen molar-refractivity contribution in [3.05, 3.63) is 90.8 Å². The van der Waals surface area contributed by atoms with Crippen molar-refractivity contribution >= 4 is 45.7 Å². The fraction of sp³-hybridized carbons (Fsp3) is 0.156. The number of morpholine rings is 1. The number of benzene rings is 3. The van der Waals surface area contributed by atoms with Crippen LogP contribution in [-0.2, 0) is 9.53 Å². The Hall–Kier alpha value is -5.49. The number of fused-ring (bicyclic) bond motifs is 1. The first-order valence-corrected chi connectivity index (χ1v) is 13.8. The Morgan fingerprint density at radius 1 is 0.841 bits per heavy atom. The van der Waals surface area contributed by atoms with E-state index in [1.807, 2.05) is 18.2 Å². The first kappa shape index (κ1) is 28.6. The maximum absolute atomic E-state index is 14.5. The van der Waals surface area contributed by atoms with Crippen LogP contribution in [-0.4, -0.2) is 53.2 Å². The minimum Gasteiger partial charge on any atom is -0.378 e. The molecule has 1 fully saturated rings. The molecule has 0 saturated carbocycles. The normalized spacial score (nSPS) is 13.0. The Balaban J connectivity index is 1.26. The predicted molar refractivity (Wildman–Crippen MR) is 165 cm³/mol. The highest BCUT2D eigenvalue weighted by atomic mass is 19.1. The molecule has 3 heterocycles. The lowest BCUT2D eigenvalue weighted by molar-refractivity contribution is -0.114. The molecule has 222 valence electrons. The molecule has 3 amide bonds. The summed E-state index contributed by atoms with van der Waals surface area (Å²) in [5.41, 5.74) is 3.11. The number of pyridine rings is 1. The summed E-state index contributed by atoms with van der Waals surface area (Å²) in [6.07, 6.45) is 1.41. The number of aromatic nitrogens is 3. The van der Waals surface area contributed by atoms with Crippen molar-refractivity contribution in [1.82, 2.24) is 15.0 Å². The van der Waals surface area contributed by atoms with Crippen molar-refractivity contribution in [2.24, 2.45) is 0 Å². The van der Waals surface area contributed by atoms with Gasteiger partial charge in [0.05, 0.1) is 24.4 Å². The highest BCUT2D eigenvalue weighted by Crippen LogP contribution is 2.32. The van der Waals surface area contributed by atoms with Gasteiger partial charge in [0, 0.05) is 54.1 Å². The van der Waals surface area contributed by atoms with Crippen molar-refractivity contribution in [2.45, 2.75) is 6.92 Å². The van der Waals surface area contributed by atoms with E-state index in [1.165, 1.54) is 25.3 Å². The quantitative estimate of drug-likeness (QED) is 0.204. The number of ether oxygens (including phenoxy) is 1. The maximum atomic E-state index is 14.5. The molecule has 2 aromatic heterocycles. The van der Waals surface area contributed by atoms with Crippen LogP contribution in [0.5, 0.6) is 0 Å². The topological polar surface area (TPSA) is 121 Å². The van der Waals surface area contributed by atoms with Gasteiger partial charge in [-0.2, -0.15) is 4.39 Å². The number of carbonyl (C=O) groups is 2. The van der Waals surface area contributed by atoms with E-state index < -0.39 is 23.7 Å². The summed E-state index contributed by atoms with van der Waals surface area (Å²) < 4.78 is 34.3. The number of halogens is 2. The summed E-state index contributed by atoms with van der Waals surface area (Å²) in [6.45, 7) is 3.77. The number of nitrogens with zero attached hydrogens (tertiary/aromatic N) is 4. The third kappa shape index (κ3) is 6.30. The maximum Gasteiger partial charge on any atom is 0.323 e. The van der Waals surface area contributed by atoms with Crippen molar-refractivity contribution in [3.8, 4) is 22.5 Å². The van der Waals surface area contributed by atoms with Gasteiger partial charge in [-0.15, -0.1) is 0 Å². The van der Waals surface area contributed by atoms with Gasteiger partial charge in [0.2, 0.25) is 11.9 Å². The number of amides is 3. The Labute approximate surface area is 251 Å². The van der Waals surface area contributed by atoms with Gasteiger partial charge < -0.3 is 25.6 Å². The molecule has 0 aliphatic carbocycles. The van der Waals surface area contributed by atoms with Crippen LogP contribution in [0.3, 0.4) is 0 Å². The third-order valence-corrected chi connectivity index (χ3v) is 7.00. The predicted octanol–water partition coefficient (Wildman–Crippen LogP) is 6.08. The zero-order valence-electron chi connectivity index (χ0n) is 23.6. The molecule has 1 aliphatic rings. The number of rotatable bonds is 6. The molecule has 44 heavy (non-hydrogen) atoms. The molecule has 12 heteroatoms. The molecule has 5 aromatic rings. The molecular weight excluding hydrogens is 568 g/mol. The van der Waals surface area contributed by atoms with Crippen LogP contribution >= 0.6 is 0 Å². The Kier molecular flexibility index (Phi) is 8.06. The second kappa shape index (κ2) is 12.4. The first-order valence-electron chi connectivity index (χ1n) is 13.8. The number of carbonyl (C=O) groups excluding carboxylic acids is 2. The van der Waals surface area contributed by atoms with Crippen LogP contribution in [0.25, 0.3) is 33.4 Å². The van der Waals surface area contributed by atoms with E-state index in [9.17, 15) is 18.4 Å². The monoisotopic (exact) mass is 595 g/mol. The van der Waals surface area contributed by atoms with Crippen LogP contribution in [0.1, 0.15) is 6.92 Å². The molecule has 1 saturated heterocycles. The van der Waals surface area contributed by atoms with Crippen molar-refractivity contribution in [1.29, 1.82) is 0 Å². The SMILES string of the molecule is CC(=O)Nc1ccc(NC(=O)Nc2ccc(-c3nc(N4CCOCC4)c4ccc(-c5cccnc5F)cc4n3)cc2)cc1F. The standard InChI is InChI=1S/C32H27F2N7O3/c1-19(42)36-27-11-9-23(18-26(27)33)38-32(43)37-22-7-4-20(5-8-22)30-39-28-17-21(24-3-2-12-35-29(24)34)6-10-25(28)31(40-30)41-13-15-44-16-14-41/h2-12,17-18H,13-16H2,1H3,(H,36,42)(H2,37,38,43). The minimum atomic E-state index is -0.674. The van der Waals surface area contributed by atoms with E-state index in [2.05, 4.69) is 25.8 Å². The first-order chi connectivity index (χ1) is 21.3.